The van der Waals surface area contributed by atoms with Crippen molar-refractivity contribution < 1.29 is 9.13 Å². The van der Waals surface area contributed by atoms with Gasteiger partial charge in [0, 0.05) is 18.0 Å². The number of hydrogen-bond donors (Lipinski definition) is 1. The van der Waals surface area contributed by atoms with Crippen LogP contribution in [0.4, 0.5) is 4.39 Å². The fourth-order valence-corrected chi connectivity index (χ4v) is 2.82. The van der Waals surface area contributed by atoms with Gasteiger partial charge in [0.2, 0.25) is 0 Å². The molecule has 0 amide bonds. The SMILES string of the molecule is CCc1c(OC)cc(F)cc1C1(CN)CCC1. The molecule has 17 heavy (non-hydrogen) atoms. The zero-order valence-corrected chi connectivity index (χ0v) is 10.6. The maximum atomic E-state index is 13.6. The summed E-state index contributed by atoms with van der Waals surface area (Å²) in [5, 5.41) is 0. The number of benzene rings is 1. The van der Waals surface area contributed by atoms with Crippen LogP contribution in [0.15, 0.2) is 12.1 Å². The number of methoxy groups -OCH3 is 1. The maximum Gasteiger partial charge on any atom is 0.127 e. The lowest BCUT2D eigenvalue weighted by molar-refractivity contribution is 0.249. The quantitative estimate of drug-likeness (QED) is 0.874. The van der Waals surface area contributed by atoms with Gasteiger partial charge in [-0.3, -0.25) is 0 Å². The van der Waals surface area contributed by atoms with Crippen molar-refractivity contribution >= 4 is 0 Å². The van der Waals surface area contributed by atoms with Crippen LogP contribution in [-0.2, 0) is 11.8 Å². The molecule has 2 rings (SSSR count). The molecule has 0 atom stereocenters. The van der Waals surface area contributed by atoms with Crippen LogP contribution in [0.5, 0.6) is 5.75 Å². The molecule has 1 fully saturated rings. The fourth-order valence-electron chi connectivity index (χ4n) is 2.82. The molecular weight excluding hydrogens is 217 g/mol. The van der Waals surface area contributed by atoms with Crippen molar-refractivity contribution in [2.24, 2.45) is 5.73 Å². The average Bonchev–Trinajstić information content (AvgIpc) is 2.27. The molecule has 0 spiro atoms. The molecule has 0 radical (unpaired) electrons. The summed E-state index contributed by atoms with van der Waals surface area (Å²) in [5.41, 5.74) is 8.06. The maximum absolute atomic E-state index is 13.6. The molecule has 1 aromatic rings. The van der Waals surface area contributed by atoms with Gasteiger partial charge in [0.1, 0.15) is 11.6 Å². The van der Waals surface area contributed by atoms with E-state index in [2.05, 4.69) is 6.92 Å². The van der Waals surface area contributed by atoms with Crippen LogP contribution in [0.1, 0.15) is 37.3 Å². The zero-order chi connectivity index (χ0) is 12.5. The summed E-state index contributed by atoms with van der Waals surface area (Å²) in [6.45, 7) is 2.66. The van der Waals surface area contributed by atoms with E-state index in [4.69, 9.17) is 10.5 Å². The van der Waals surface area contributed by atoms with Crippen molar-refractivity contribution in [3.8, 4) is 5.75 Å². The molecule has 1 saturated carbocycles. The van der Waals surface area contributed by atoms with E-state index in [0.717, 1.165) is 30.4 Å². The van der Waals surface area contributed by atoms with Crippen molar-refractivity contribution in [1.82, 2.24) is 0 Å². The minimum absolute atomic E-state index is 0.0132. The molecule has 1 aliphatic rings. The van der Waals surface area contributed by atoms with E-state index in [1.165, 1.54) is 12.5 Å². The van der Waals surface area contributed by atoms with Gasteiger partial charge in [-0.15, -0.1) is 0 Å². The van der Waals surface area contributed by atoms with Gasteiger partial charge in [-0.2, -0.15) is 0 Å². The Bertz CT molecular complexity index is 407. The lowest BCUT2D eigenvalue weighted by Gasteiger charge is -2.43. The number of halogens is 1. The first-order valence-corrected chi connectivity index (χ1v) is 6.24. The lowest BCUT2D eigenvalue weighted by atomic mass is 9.63. The molecule has 0 bridgehead atoms. The molecule has 2 nitrogen and oxygen atoms in total. The highest BCUT2D eigenvalue weighted by molar-refractivity contribution is 5.46. The van der Waals surface area contributed by atoms with Gasteiger partial charge in [-0.05, 0) is 36.5 Å². The Hall–Kier alpha value is -1.09. The normalized spacial score (nSPS) is 17.6. The van der Waals surface area contributed by atoms with Crippen molar-refractivity contribution in [3.05, 3.63) is 29.1 Å². The van der Waals surface area contributed by atoms with Gasteiger partial charge in [0.15, 0.2) is 0 Å². The van der Waals surface area contributed by atoms with Gasteiger partial charge in [0.05, 0.1) is 7.11 Å². The highest BCUT2D eigenvalue weighted by Crippen LogP contribution is 2.46. The molecule has 0 aliphatic heterocycles. The summed E-state index contributed by atoms with van der Waals surface area (Å²) in [6.07, 6.45) is 4.14. The molecule has 0 aromatic heterocycles. The first-order valence-electron chi connectivity index (χ1n) is 6.24. The van der Waals surface area contributed by atoms with Crippen molar-refractivity contribution in [2.75, 3.05) is 13.7 Å². The highest BCUT2D eigenvalue weighted by atomic mass is 19.1. The molecule has 1 aliphatic carbocycles. The minimum Gasteiger partial charge on any atom is -0.496 e. The van der Waals surface area contributed by atoms with Crippen LogP contribution in [0.3, 0.4) is 0 Å². The second-order valence-corrected chi connectivity index (χ2v) is 4.83. The standard InChI is InChI=1S/C14H20FNO/c1-3-11-12(14(9-16)5-4-6-14)7-10(15)8-13(11)17-2/h7-8H,3-6,9,16H2,1-2H3. The Labute approximate surface area is 102 Å². The van der Waals surface area contributed by atoms with Gasteiger partial charge < -0.3 is 10.5 Å². The Morgan fingerprint density at radius 3 is 2.53 bits per heavy atom. The number of ether oxygens (including phenoxy) is 1. The van der Waals surface area contributed by atoms with Crippen LogP contribution in [0, 0.1) is 5.82 Å². The van der Waals surface area contributed by atoms with Crippen molar-refractivity contribution in [1.29, 1.82) is 0 Å². The Kier molecular flexibility index (Phi) is 3.38. The third-order valence-corrected chi connectivity index (χ3v) is 4.02. The third-order valence-electron chi connectivity index (χ3n) is 4.02. The van der Waals surface area contributed by atoms with E-state index in [1.54, 1.807) is 13.2 Å². The fraction of sp³-hybridized carbons (Fsp3) is 0.571. The first-order chi connectivity index (χ1) is 8.16. The lowest BCUT2D eigenvalue weighted by Crippen LogP contribution is -2.42. The molecule has 0 heterocycles. The van der Waals surface area contributed by atoms with E-state index in [0.29, 0.717) is 12.3 Å². The Morgan fingerprint density at radius 2 is 2.12 bits per heavy atom. The molecule has 0 unspecified atom stereocenters. The number of nitrogens with two attached hydrogens (primary N) is 1. The molecule has 94 valence electrons. The predicted molar refractivity (Wildman–Crippen MR) is 66.9 cm³/mol. The molecule has 0 saturated heterocycles. The summed E-state index contributed by atoms with van der Waals surface area (Å²) in [5.74, 6) is 0.427. The van der Waals surface area contributed by atoms with E-state index in [-0.39, 0.29) is 11.2 Å². The zero-order valence-electron chi connectivity index (χ0n) is 10.6. The van der Waals surface area contributed by atoms with Crippen molar-refractivity contribution in [2.45, 2.75) is 38.0 Å². The topological polar surface area (TPSA) is 35.2 Å². The van der Waals surface area contributed by atoms with E-state index in [9.17, 15) is 4.39 Å². The highest BCUT2D eigenvalue weighted by Gasteiger charge is 2.39. The summed E-state index contributed by atoms with van der Waals surface area (Å²) in [4.78, 5) is 0. The summed E-state index contributed by atoms with van der Waals surface area (Å²) in [6, 6.07) is 3.11. The molecular formula is C14H20FNO. The van der Waals surface area contributed by atoms with Gasteiger partial charge >= 0.3 is 0 Å². The molecule has 3 heteroatoms. The van der Waals surface area contributed by atoms with Crippen LogP contribution in [-0.4, -0.2) is 13.7 Å². The monoisotopic (exact) mass is 237 g/mol. The predicted octanol–water partition coefficient (Wildman–Crippen LogP) is 2.78. The smallest absolute Gasteiger partial charge is 0.127 e. The summed E-state index contributed by atoms with van der Waals surface area (Å²) in [7, 11) is 1.59. The molecule has 2 N–H and O–H groups in total. The second-order valence-electron chi connectivity index (χ2n) is 4.83. The van der Waals surface area contributed by atoms with E-state index in [1.807, 2.05) is 0 Å². The van der Waals surface area contributed by atoms with Gasteiger partial charge in [-0.25, -0.2) is 4.39 Å². The first kappa shape index (κ1) is 12.4. The van der Waals surface area contributed by atoms with Crippen molar-refractivity contribution in [3.63, 3.8) is 0 Å². The van der Waals surface area contributed by atoms with Gasteiger partial charge in [0.25, 0.3) is 0 Å². The van der Waals surface area contributed by atoms with Crippen LogP contribution in [0.2, 0.25) is 0 Å². The van der Waals surface area contributed by atoms with Gasteiger partial charge in [-0.1, -0.05) is 13.3 Å². The average molecular weight is 237 g/mol. The van der Waals surface area contributed by atoms with Crippen LogP contribution >= 0.6 is 0 Å². The number of rotatable bonds is 4. The van der Waals surface area contributed by atoms with Crippen LogP contribution in [0.25, 0.3) is 0 Å². The summed E-state index contributed by atoms with van der Waals surface area (Å²) >= 11 is 0. The third kappa shape index (κ3) is 1.93. The van der Waals surface area contributed by atoms with Crippen LogP contribution < -0.4 is 10.5 Å². The number of hydrogen-bond acceptors (Lipinski definition) is 2. The Balaban J connectivity index is 2.55. The minimum atomic E-state index is -0.228. The molecule has 1 aromatic carbocycles. The Morgan fingerprint density at radius 1 is 1.41 bits per heavy atom. The van der Waals surface area contributed by atoms with E-state index < -0.39 is 0 Å². The summed E-state index contributed by atoms with van der Waals surface area (Å²) < 4.78 is 18.9. The second kappa shape index (κ2) is 4.65. The largest absolute Gasteiger partial charge is 0.496 e. The van der Waals surface area contributed by atoms with E-state index >= 15 is 0 Å².